The highest BCUT2D eigenvalue weighted by atomic mass is 16.2. The average Bonchev–Trinajstić information content (AvgIpc) is 3.44. The molecule has 7 nitrogen and oxygen atoms in total. The highest BCUT2D eigenvalue weighted by molar-refractivity contribution is 6.00. The zero-order chi connectivity index (χ0) is 23.7. The van der Waals surface area contributed by atoms with Crippen LogP contribution in [0, 0.1) is 13.8 Å². The largest absolute Gasteiger partial charge is 0.380 e. The number of amides is 2. The Morgan fingerprint density at radius 3 is 2.50 bits per heavy atom. The fraction of sp³-hybridized carbons (Fsp3) is 0.222. The van der Waals surface area contributed by atoms with Crippen LogP contribution in [0.3, 0.4) is 0 Å². The van der Waals surface area contributed by atoms with Gasteiger partial charge in [0.2, 0.25) is 0 Å². The standard InChI is InChI=1S/C16H15N5O.C11H13N/c1-8-3-10(4-9(2)18-8)15-12-5-11-7-17-16(22)19-13(11)6-14(12)20-21-15;1-12-8-7-11(9-12)10-5-3-2-4-6-10/h3-6H,7H2,1-2H3,(H,20,21)(H2,17,19,22);2-8,11H,9H2,1H3. The summed E-state index contributed by atoms with van der Waals surface area (Å²) in [6.07, 6.45) is 4.41. The van der Waals surface area contributed by atoms with Gasteiger partial charge in [-0.3, -0.25) is 10.1 Å². The number of pyridine rings is 1. The molecule has 0 aliphatic carbocycles. The van der Waals surface area contributed by atoms with Crippen LogP contribution in [-0.2, 0) is 6.54 Å². The number of likely N-dealkylation sites (N-methyl/N-ethyl adjacent to an activating group) is 1. The van der Waals surface area contributed by atoms with Crippen LogP contribution in [0.5, 0.6) is 0 Å². The molecule has 4 aromatic rings. The summed E-state index contributed by atoms with van der Waals surface area (Å²) >= 11 is 0. The van der Waals surface area contributed by atoms with Crippen molar-refractivity contribution >= 4 is 22.6 Å². The number of aromatic nitrogens is 3. The third-order valence-corrected chi connectivity index (χ3v) is 6.11. The van der Waals surface area contributed by atoms with Gasteiger partial charge >= 0.3 is 6.03 Å². The summed E-state index contributed by atoms with van der Waals surface area (Å²) in [6.45, 7) is 5.60. The van der Waals surface area contributed by atoms with Crippen LogP contribution in [0.15, 0.2) is 66.9 Å². The number of nitrogens with one attached hydrogen (secondary N) is 3. The van der Waals surface area contributed by atoms with Crippen LogP contribution in [0.1, 0.15) is 28.4 Å². The van der Waals surface area contributed by atoms with E-state index in [4.69, 9.17) is 0 Å². The lowest BCUT2D eigenvalue weighted by atomic mass is 10.0. The first-order valence-electron chi connectivity index (χ1n) is 11.4. The van der Waals surface area contributed by atoms with Crippen molar-refractivity contribution in [2.75, 3.05) is 18.9 Å². The molecule has 0 saturated carbocycles. The molecule has 6 rings (SSSR count). The number of benzene rings is 2. The quantitative estimate of drug-likeness (QED) is 0.395. The molecular formula is C27H28N6O. The summed E-state index contributed by atoms with van der Waals surface area (Å²) in [5, 5.41) is 14.1. The van der Waals surface area contributed by atoms with E-state index in [1.807, 2.05) is 32.0 Å². The lowest BCUT2D eigenvalue weighted by molar-refractivity contribution is 0.251. The Morgan fingerprint density at radius 2 is 1.79 bits per heavy atom. The minimum Gasteiger partial charge on any atom is -0.380 e. The van der Waals surface area contributed by atoms with Crippen molar-refractivity contribution in [3.8, 4) is 11.3 Å². The zero-order valence-corrected chi connectivity index (χ0v) is 19.6. The average molecular weight is 453 g/mol. The molecule has 0 fully saturated rings. The van der Waals surface area contributed by atoms with Gasteiger partial charge in [-0.2, -0.15) is 5.10 Å². The molecule has 1 unspecified atom stereocenters. The number of nitrogens with zero attached hydrogens (tertiary/aromatic N) is 3. The van der Waals surface area contributed by atoms with Crippen molar-refractivity contribution in [1.29, 1.82) is 0 Å². The Bertz CT molecular complexity index is 1350. The SMILES string of the molecule is CN1C=CC(c2ccccc2)C1.Cc1cc(-c2n[nH]c3cc4c(cc23)CNC(=O)N4)cc(C)n1. The van der Waals surface area contributed by atoms with Gasteiger partial charge in [0, 0.05) is 54.1 Å². The number of hydrogen-bond acceptors (Lipinski definition) is 4. The van der Waals surface area contributed by atoms with E-state index in [-0.39, 0.29) is 6.03 Å². The van der Waals surface area contributed by atoms with Gasteiger partial charge in [-0.1, -0.05) is 36.4 Å². The molecule has 1 atom stereocenters. The fourth-order valence-electron chi connectivity index (χ4n) is 4.50. The normalized spacial score (nSPS) is 16.5. The van der Waals surface area contributed by atoms with Gasteiger partial charge in [-0.05, 0) is 55.4 Å². The number of fused-ring (bicyclic) bond motifs is 2. The predicted octanol–water partition coefficient (Wildman–Crippen LogP) is 5.11. The number of rotatable bonds is 2. The molecule has 172 valence electrons. The van der Waals surface area contributed by atoms with E-state index in [2.05, 4.69) is 86.4 Å². The van der Waals surface area contributed by atoms with Crippen molar-refractivity contribution in [1.82, 2.24) is 25.4 Å². The number of aromatic amines is 1. The van der Waals surface area contributed by atoms with Crippen molar-refractivity contribution in [3.05, 3.63) is 89.4 Å². The number of carbonyl (C=O) groups excluding carboxylic acids is 1. The molecule has 7 heteroatoms. The lowest BCUT2D eigenvalue weighted by Gasteiger charge is -2.18. The Balaban J connectivity index is 0.000000169. The summed E-state index contributed by atoms with van der Waals surface area (Å²) in [5.74, 6) is 0.594. The molecule has 4 heterocycles. The second-order valence-corrected chi connectivity index (χ2v) is 8.87. The Labute approximate surface area is 198 Å². The molecule has 2 amide bonds. The molecule has 0 bridgehead atoms. The molecule has 2 aliphatic rings. The summed E-state index contributed by atoms with van der Waals surface area (Å²) in [4.78, 5) is 18.0. The number of carbonyl (C=O) groups is 1. The molecular weight excluding hydrogens is 424 g/mol. The topological polar surface area (TPSA) is 85.9 Å². The van der Waals surface area contributed by atoms with Crippen LogP contribution in [0.25, 0.3) is 22.2 Å². The van der Waals surface area contributed by atoms with E-state index in [0.717, 1.165) is 51.3 Å². The Kier molecular flexibility index (Phi) is 5.76. The zero-order valence-electron chi connectivity index (χ0n) is 19.6. The van der Waals surface area contributed by atoms with Gasteiger partial charge in [-0.15, -0.1) is 0 Å². The van der Waals surface area contributed by atoms with E-state index in [1.165, 1.54) is 5.56 Å². The third kappa shape index (κ3) is 4.50. The summed E-state index contributed by atoms with van der Waals surface area (Å²) < 4.78 is 0. The summed E-state index contributed by atoms with van der Waals surface area (Å²) in [6, 6.07) is 18.5. The lowest BCUT2D eigenvalue weighted by Crippen LogP contribution is -2.33. The molecule has 2 aromatic carbocycles. The predicted molar refractivity (Wildman–Crippen MR) is 136 cm³/mol. The van der Waals surface area contributed by atoms with Crippen LogP contribution < -0.4 is 10.6 Å². The van der Waals surface area contributed by atoms with Gasteiger partial charge in [-0.25, -0.2) is 4.79 Å². The Hall–Kier alpha value is -4.13. The van der Waals surface area contributed by atoms with Crippen molar-refractivity contribution in [2.24, 2.45) is 0 Å². The monoisotopic (exact) mass is 452 g/mol. The molecule has 0 saturated heterocycles. The Morgan fingerprint density at radius 1 is 1.03 bits per heavy atom. The smallest absolute Gasteiger partial charge is 0.319 e. The van der Waals surface area contributed by atoms with Gasteiger partial charge in [0.15, 0.2) is 0 Å². The van der Waals surface area contributed by atoms with Gasteiger partial charge in [0.05, 0.1) is 5.52 Å². The molecule has 2 aromatic heterocycles. The van der Waals surface area contributed by atoms with E-state index in [0.29, 0.717) is 12.5 Å². The highest BCUT2D eigenvalue weighted by Crippen LogP contribution is 2.32. The minimum absolute atomic E-state index is 0.174. The van der Waals surface area contributed by atoms with Gasteiger partial charge in [0.1, 0.15) is 5.69 Å². The molecule has 0 radical (unpaired) electrons. The second kappa shape index (κ2) is 9.02. The van der Waals surface area contributed by atoms with Crippen molar-refractivity contribution in [2.45, 2.75) is 26.3 Å². The van der Waals surface area contributed by atoms with E-state index in [1.54, 1.807) is 0 Å². The number of anilines is 1. The molecule has 0 spiro atoms. The number of aryl methyl sites for hydroxylation is 2. The first kappa shape index (κ1) is 21.7. The van der Waals surface area contributed by atoms with Gasteiger partial charge in [0.25, 0.3) is 0 Å². The molecule has 34 heavy (non-hydrogen) atoms. The van der Waals surface area contributed by atoms with Crippen molar-refractivity contribution in [3.63, 3.8) is 0 Å². The third-order valence-electron chi connectivity index (χ3n) is 6.11. The first-order chi connectivity index (χ1) is 16.5. The summed E-state index contributed by atoms with van der Waals surface area (Å²) in [7, 11) is 2.11. The van der Waals surface area contributed by atoms with E-state index < -0.39 is 0 Å². The van der Waals surface area contributed by atoms with Crippen LogP contribution in [-0.4, -0.2) is 39.7 Å². The van der Waals surface area contributed by atoms with E-state index >= 15 is 0 Å². The second-order valence-electron chi connectivity index (χ2n) is 8.87. The van der Waals surface area contributed by atoms with Gasteiger partial charge < -0.3 is 15.5 Å². The highest BCUT2D eigenvalue weighted by Gasteiger charge is 2.18. The maximum absolute atomic E-state index is 11.4. The first-order valence-corrected chi connectivity index (χ1v) is 11.4. The number of hydrogen-bond donors (Lipinski definition) is 3. The molecule has 2 aliphatic heterocycles. The number of urea groups is 1. The number of H-pyrrole nitrogens is 1. The maximum Gasteiger partial charge on any atom is 0.319 e. The van der Waals surface area contributed by atoms with Crippen molar-refractivity contribution < 1.29 is 4.79 Å². The van der Waals surface area contributed by atoms with Crippen LogP contribution in [0.2, 0.25) is 0 Å². The maximum atomic E-state index is 11.4. The van der Waals surface area contributed by atoms with E-state index in [9.17, 15) is 4.79 Å². The molecule has 3 N–H and O–H groups in total. The fourth-order valence-corrected chi connectivity index (χ4v) is 4.50. The summed E-state index contributed by atoms with van der Waals surface area (Å²) in [5.41, 5.74) is 8.09. The van der Waals surface area contributed by atoms with Crippen LogP contribution >= 0.6 is 0 Å². The van der Waals surface area contributed by atoms with Crippen LogP contribution in [0.4, 0.5) is 10.5 Å². The minimum atomic E-state index is -0.174.